The first kappa shape index (κ1) is 16.5. The van der Waals surface area contributed by atoms with Gasteiger partial charge in [0.05, 0.1) is 15.9 Å². The largest absolute Gasteiger partial charge is 0.344 e. The first-order chi connectivity index (χ1) is 11.5. The van der Waals surface area contributed by atoms with Crippen molar-refractivity contribution < 1.29 is 8.42 Å². The number of aryl methyl sites for hydroxylation is 1. The van der Waals surface area contributed by atoms with E-state index in [2.05, 4.69) is 14.7 Å². The standard InChI is InChI=1S/C17H20N4O2S/c1-13-7-9-14(10-8-13)24(22,23)18-11-12-21(2)17-19-15-5-3-4-6-16(15)20-17/h3-10,18H,11-12H2,1-2H3,(H,19,20). The predicted molar refractivity (Wildman–Crippen MR) is 95.7 cm³/mol. The third-order valence-corrected chi connectivity index (χ3v) is 5.29. The molecule has 0 amide bonds. The number of benzene rings is 2. The monoisotopic (exact) mass is 344 g/mol. The first-order valence-electron chi connectivity index (χ1n) is 7.68. The van der Waals surface area contributed by atoms with Gasteiger partial charge in [0.1, 0.15) is 0 Å². The van der Waals surface area contributed by atoms with Crippen LogP contribution in [0, 0.1) is 6.92 Å². The summed E-state index contributed by atoms with van der Waals surface area (Å²) in [6.45, 7) is 2.72. The summed E-state index contributed by atoms with van der Waals surface area (Å²) in [7, 11) is -1.61. The van der Waals surface area contributed by atoms with Gasteiger partial charge in [-0.3, -0.25) is 0 Å². The zero-order chi connectivity index (χ0) is 17.2. The quantitative estimate of drug-likeness (QED) is 0.719. The lowest BCUT2D eigenvalue weighted by molar-refractivity contribution is 0.581. The molecule has 7 heteroatoms. The maximum atomic E-state index is 12.2. The first-order valence-corrected chi connectivity index (χ1v) is 9.16. The Morgan fingerprint density at radius 3 is 2.54 bits per heavy atom. The molecule has 1 heterocycles. The van der Waals surface area contributed by atoms with Crippen molar-refractivity contribution in [2.75, 3.05) is 25.0 Å². The zero-order valence-corrected chi connectivity index (χ0v) is 14.5. The number of nitrogens with zero attached hydrogens (tertiary/aromatic N) is 2. The molecule has 0 saturated heterocycles. The van der Waals surface area contributed by atoms with Crippen LogP contribution in [0.4, 0.5) is 5.95 Å². The summed E-state index contributed by atoms with van der Waals surface area (Å²) in [5.74, 6) is 0.714. The Kier molecular flexibility index (Phi) is 4.55. The summed E-state index contributed by atoms with van der Waals surface area (Å²) in [6, 6.07) is 14.6. The van der Waals surface area contributed by atoms with Gasteiger partial charge in [0.25, 0.3) is 0 Å². The maximum Gasteiger partial charge on any atom is 0.240 e. The molecule has 1 aromatic heterocycles. The molecule has 0 bridgehead atoms. The van der Waals surface area contributed by atoms with Crippen LogP contribution in [0.1, 0.15) is 5.56 Å². The van der Waals surface area contributed by atoms with Crippen LogP contribution in [0.15, 0.2) is 53.4 Å². The molecule has 24 heavy (non-hydrogen) atoms. The Bertz CT molecular complexity index is 900. The minimum atomic E-state index is -3.49. The molecule has 0 radical (unpaired) electrons. The molecule has 0 saturated carbocycles. The van der Waals surface area contributed by atoms with E-state index in [-0.39, 0.29) is 4.90 Å². The van der Waals surface area contributed by atoms with Crippen LogP contribution < -0.4 is 9.62 Å². The Balaban J connectivity index is 1.62. The third-order valence-electron chi connectivity index (χ3n) is 3.81. The molecule has 0 unspecified atom stereocenters. The van der Waals surface area contributed by atoms with Crippen LogP contribution in [-0.4, -0.2) is 38.5 Å². The molecule has 0 aliphatic heterocycles. The molecular weight excluding hydrogens is 324 g/mol. The normalized spacial score (nSPS) is 11.8. The number of likely N-dealkylation sites (N-methyl/N-ethyl adjacent to an activating group) is 1. The van der Waals surface area contributed by atoms with Gasteiger partial charge in [0.15, 0.2) is 0 Å². The van der Waals surface area contributed by atoms with Crippen molar-refractivity contribution in [2.24, 2.45) is 0 Å². The van der Waals surface area contributed by atoms with Crippen LogP contribution in [0.3, 0.4) is 0 Å². The smallest absolute Gasteiger partial charge is 0.240 e. The summed E-state index contributed by atoms with van der Waals surface area (Å²) in [5, 5.41) is 0. The highest BCUT2D eigenvalue weighted by Crippen LogP contribution is 2.15. The molecule has 3 rings (SSSR count). The number of sulfonamides is 1. The second-order valence-electron chi connectivity index (χ2n) is 5.71. The number of para-hydroxylation sites is 2. The lowest BCUT2D eigenvalue weighted by Crippen LogP contribution is -2.33. The van der Waals surface area contributed by atoms with E-state index in [9.17, 15) is 8.42 Å². The summed E-state index contributed by atoms with van der Waals surface area (Å²) in [5.41, 5.74) is 2.87. The topological polar surface area (TPSA) is 78.1 Å². The van der Waals surface area contributed by atoms with Crippen LogP contribution in [0.5, 0.6) is 0 Å². The molecule has 0 spiro atoms. The number of aromatic nitrogens is 2. The van der Waals surface area contributed by atoms with Crippen LogP contribution >= 0.6 is 0 Å². The number of nitrogens with one attached hydrogen (secondary N) is 2. The Morgan fingerprint density at radius 2 is 1.83 bits per heavy atom. The SMILES string of the molecule is Cc1ccc(S(=O)(=O)NCCN(C)c2nc3ccccc3[nH]2)cc1. The van der Waals surface area contributed by atoms with Gasteiger partial charge in [-0.1, -0.05) is 29.8 Å². The summed E-state index contributed by atoms with van der Waals surface area (Å²) < 4.78 is 27.1. The van der Waals surface area contributed by atoms with E-state index in [1.807, 2.05) is 43.1 Å². The molecular formula is C17H20N4O2S. The van der Waals surface area contributed by atoms with Crippen LogP contribution in [0.2, 0.25) is 0 Å². The molecule has 0 atom stereocenters. The highest BCUT2D eigenvalue weighted by molar-refractivity contribution is 7.89. The number of hydrogen-bond donors (Lipinski definition) is 2. The van der Waals surface area contributed by atoms with Crippen molar-refractivity contribution in [1.82, 2.24) is 14.7 Å². The van der Waals surface area contributed by atoms with E-state index >= 15 is 0 Å². The molecule has 126 valence electrons. The van der Waals surface area contributed by atoms with Gasteiger partial charge in [-0.25, -0.2) is 18.1 Å². The van der Waals surface area contributed by atoms with Crippen molar-refractivity contribution >= 4 is 27.0 Å². The zero-order valence-electron chi connectivity index (χ0n) is 13.7. The third kappa shape index (κ3) is 3.58. The highest BCUT2D eigenvalue weighted by atomic mass is 32.2. The minimum absolute atomic E-state index is 0.277. The fraction of sp³-hybridized carbons (Fsp3) is 0.235. The van der Waals surface area contributed by atoms with E-state index in [1.54, 1.807) is 24.3 Å². The van der Waals surface area contributed by atoms with E-state index in [0.29, 0.717) is 19.0 Å². The Hall–Kier alpha value is -2.38. The molecule has 3 aromatic rings. The summed E-state index contributed by atoms with van der Waals surface area (Å²) >= 11 is 0. The lowest BCUT2D eigenvalue weighted by Gasteiger charge is -2.16. The minimum Gasteiger partial charge on any atom is -0.344 e. The van der Waals surface area contributed by atoms with E-state index < -0.39 is 10.0 Å². The van der Waals surface area contributed by atoms with Gasteiger partial charge in [0.2, 0.25) is 16.0 Å². The molecule has 2 aromatic carbocycles. The number of aromatic amines is 1. The second kappa shape index (κ2) is 6.62. The number of H-pyrrole nitrogens is 1. The van der Waals surface area contributed by atoms with Crippen LogP contribution in [-0.2, 0) is 10.0 Å². The number of rotatable bonds is 6. The van der Waals surface area contributed by atoms with Crippen molar-refractivity contribution in [3.63, 3.8) is 0 Å². The van der Waals surface area contributed by atoms with Crippen molar-refractivity contribution in [2.45, 2.75) is 11.8 Å². The highest BCUT2D eigenvalue weighted by Gasteiger charge is 2.14. The van der Waals surface area contributed by atoms with Gasteiger partial charge in [-0.2, -0.15) is 0 Å². The van der Waals surface area contributed by atoms with E-state index in [4.69, 9.17) is 0 Å². The van der Waals surface area contributed by atoms with Crippen LogP contribution in [0.25, 0.3) is 11.0 Å². The number of hydrogen-bond acceptors (Lipinski definition) is 4. The predicted octanol–water partition coefficient (Wildman–Crippen LogP) is 2.29. The van der Waals surface area contributed by atoms with Gasteiger partial charge in [-0.15, -0.1) is 0 Å². The summed E-state index contributed by atoms with van der Waals surface area (Å²) in [4.78, 5) is 9.87. The fourth-order valence-electron chi connectivity index (χ4n) is 2.37. The second-order valence-corrected chi connectivity index (χ2v) is 7.48. The molecule has 0 aliphatic rings. The van der Waals surface area contributed by atoms with Gasteiger partial charge < -0.3 is 9.88 Å². The number of fused-ring (bicyclic) bond motifs is 1. The molecule has 2 N–H and O–H groups in total. The van der Waals surface area contributed by atoms with Crippen molar-refractivity contribution in [1.29, 1.82) is 0 Å². The average molecular weight is 344 g/mol. The molecule has 6 nitrogen and oxygen atoms in total. The number of imidazole rings is 1. The Labute approximate surface area is 141 Å². The molecule has 0 fully saturated rings. The fourth-order valence-corrected chi connectivity index (χ4v) is 3.40. The lowest BCUT2D eigenvalue weighted by atomic mass is 10.2. The maximum absolute atomic E-state index is 12.2. The van der Waals surface area contributed by atoms with Gasteiger partial charge in [-0.05, 0) is 31.2 Å². The van der Waals surface area contributed by atoms with E-state index in [1.165, 1.54) is 0 Å². The average Bonchev–Trinajstić information content (AvgIpc) is 2.99. The summed E-state index contributed by atoms with van der Waals surface area (Å²) in [6.07, 6.45) is 0. The molecule has 0 aliphatic carbocycles. The number of anilines is 1. The van der Waals surface area contributed by atoms with Crippen molar-refractivity contribution in [3.05, 3.63) is 54.1 Å². The van der Waals surface area contributed by atoms with E-state index in [0.717, 1.165) is 16.6 Å². The van der Waals surface area contributed by atoms with Gasteiger partial charge >= 0.3 is 0 Å². The Morgan fingerprint density at radius 1 is 1.12 bits per heavy atom. The van der Waals surface area contributed by atoms with Gasteiger partial charge in [0, 0.05) is 20.1 Å². The van der Waals surface area contributed by atoms with Crippen molar-refractivity contribution in [3.8, 4) is 0 Å².